The van der Waals surface area contributed by atoms with Crippen molar-refractivity contribution in [1.29, 1.82) is 0 Å². The molecule has 0 aromatic heterocycles. The minimum atomic E-state index is -1.65. The highest BCUT2D eigenvalue weighted by molar-refractivity contribution is 6.74. The molecule has 0 saturated carbocycles. The second kappa shape index (κ2) is 4.09. The Balaban J connectivity index is 1.99. The van der Waals surface area contributed by atoms with Gasteiger partial charge in [0.15, 0.2) is 8.32 Å². The van der Waals surface area contributed by atoms with E-state index in [4.69, 9.17) is 9.16 Å². The van der Waals surface area contributed by atoms with E-state index in [2.05, 4.69) is 39.2 Å². The maximum absolute atomic E-state index is 6.42. The number of fused-ring (bicyclic) bond motifs is 2. The molecule has 4 heteroatoms. The van der Waals surface area contributed by atoms with Crippen LogP contribution in [-0.4, -0.2) is 33.3 Å². The summed E-state index contributed by atoms with van der Waals surface area (Å²) in [5, 5.41) is 3.69. The third-order valence-electron chi connectivity index (χ3n) is 4.27. The van der Waals surface area contributed by atoms with Gasteiger partial charge < -0.3 is 9.16 Å². The summed E-state index contributed by atoms with van der Waals surface area (Å²) in [6.07, 6.45) is 3.18. The first kappa shape index (κ1) is 12.6. The highest BCUT2D eigenvalue weighted by Crippen LogP contribution is 2.39. The summed E-state index contributed by atoms with van der Waals surface area (Å²) in [5.41, 5.74) is 0. The van der Waals surface area contributed by atoms with Gasteiger partial charge >= 0.3 is 0 Å². The fourth-order valence-electron chi connectivity index (χ4n) is 2.14. The topological polar surface area (TPSA) is 30.5 Å². The molecule has 2 saturated heterocycles. The normalized spacial score (nSPS) is 35.4. The first-order valence-electron chi connectivity index (χ1n) is 6.36. The van der Waals surface area contributed by atoms with E-state index in [1.165, 1.54) is 0 Å². The monoisotopic (exact) mass is 243 g/mol. The molecule has 0 unspecified atom stereocenters. The van der Waals surface area contributed by atoms with Crippen LogP contribution < -0.4 is 5.32 Å². The Morgan fingerprint density at radius 1 is 1.25 bits per heavy atom. The summed E-state index contributed by atoms with van der Waals surface area (Å²) in [6.45, 7) is 12.4. The second-order valence-corrected chi connectivity index (χ2v) is 11.3. The highest BCUT2D eigenvalue weighted by Gasteiger charge is 2.44. The van der Waals surface area contributed by atoms with E-state index >= 15 is 0 Å². The van der Waals surface area contributed by atoms with Gasteiger partial charge in [0, 0.05) is 6.54 Å². The first-order chi connectivity index (χ1) is 7.29. The van der Waals surface area contributed by atoms with Crippen molar-refractivity contribution in [3.05, 3.63) is 0 Å². The lowest BCUT2D eigenvalue weighted by molar-refractivity contribution is -0.0744. The van der Waals surface area contributed by atoms with Gasteiger partial charge in [0.05, 0.1) is 12.2 Å². The average Bonchev–Trinajstić information content (AvgIpc) is 2.52. The van der Waals surface area contributed by atoms with Crippen LogP contribution in [0.5, 0.6) is 0 Å². The van der Waals surface area contributed by atoms with E-state index in [1.54, 1.807) is 0 Å². The third-order valence-corrected chi connectivity index (χ3v) is 8.77. The van der Waals surface area contributed by atoms with Crippen molar-refractivity contribution >= 4 is 8.32 Å². The fourth-order valence-corrected chi connectivity index (χ4v) is 3.48. The van der Waals surface area contributed by atoms with E-state index < -0.39 is 8.32 Å². The van der Waals surface area contributed by atoms with E-state index in [0.29, 0.717) is 12.3 Å². The Morgan fingerprint density at radius 3 is 2.56 bits per heavy atom. The molecule has 0 amide bonds. The van der Waals surface area contributed by atoms with E-state index in [9.17, 15) is 0 Å². The third kappa shape index (κ3) is 2.35. The highest BCUT2D eigenvalue weighted by atomic mass is 28.4. The van der Waals surface area contributed by atoms with Crippen LogP contribution in [0.25, 0.3) is 0 Å². The minimum absolute atomic E-state index is 0.264. The van der Waals surface area contributed by atoms with Crippen molar-refractivity contribution in [2.75, 3.05) is 6.54 Å². The fraction of sp³-hybridized carbons (Fsp3) is 1.00. The van der Waals surface area contributed by atoms with Crippen LogP contribution >= 0.6 is 0 Å². The maximum atomic E-state index is 6.42. The number of rotatable bonds is 2. The molecule has 2 rings (SSSR count). The Hall–Kier alpha value is 0.0969. The second-order valence-electron chi connectivity index (χ2n) is 6.57. The quantitative estimate of drug-likeness (QED) is 0.756. The summed E-state index contributed by atoms with van der Waals surface area (Å²) < 4.78 is 12.3. The largest absolute Gasteiger partial charge is 0.410 e. The van der Waals surface area contributed by atoms with Gasteiger partial charge in [-0.15, -0.1) is 0 Å². The van der Waals surface area contributed by atoms with Crippen LogP contribution in [-0.2, 0) is 9.16 Å². The molecule has 2 fully saturated rings. The molecule has 16 heavy (non-hydrogen) atoms. The molecule has 94 valence electrons. The van der Waals surface area contributed by atoms with Crippen molar-refractivity contribution < 1.29 is 9.16 Å². The summed E-state index contributed by atoms with van der Waals surface area (Å²) in [5.74, 6) is 0. The smallest absolute Gasteiger partial charge is 0.192 e. The summed E-state index contributed by atoms with van der Waals surface area (Å²) in [6, 6.07) is 0. The zero-order chi connectivity index (χ0) is 12.0. The van der Waals surface area contributed by atoms with Gasteiger partial charge in [0.2, 0.25) is 0 Å². The number of hydrogen-bond donors (Lipinski definition) is 1. The summed E-state index contributed by atoms with van der Waals surface area (Å²) >= 11 is 0. The molecule has 2 heterocycles. The number of nitrogens with one attached hydrogen (secondary N) is 1. The molecule has 0 aromatic carbocycles. The van der Waals surface area contributed by atoms with Crippen molar-refractivity contribution in [1.82, 2.24) is 5.32 Å². The van der Waals surface area contributed by atoms with Crippen LogP contribution in [0.1, 0.15) is 33.6 Å². The molecular formula is C12H25NO2Si. The average molecular weight is 243 g/mol. The minimum Gasteiger partial charge on any atom is -0.410 e. The van der Waals surface area contributed by atoms with Gasteiger partial charge in [-0.2, -0.15) is 0 Å². The predicted molar refractivity (Wildman–Crippen MR) is 68.0 cm³/mol. The molecule has 3 nitrogen and oxygen atoms in total. The standard InChI is InChI=1S/C12H25NO2Si/c1-12(2,3)16(4,5)15-10-8-13-11-7-6-9(10)14-11/h9-11,13H,6-8H2,1-5H3/t9-,10-,11+/m0/s1. The zero-order valence-electron chi connectivity index (χ0n) is 11.2. The van der Waals surface area contributed by atoms with E-state index in [0.717, 1.165) is 19.4 Å². The first-order valence-corrected chi connectivity index (χ1v) is 9.27. The van der Waals surface area contributed by atoms with Gasteiger partial charge in [-0.25, -0.2) is 0 Å². The van der Waals surface area contributed by atoms with Crippen LogP contribution in [0.2, 0.25) is 18.1 Å². The van der Waals surface area contributed by atoms with Crippen molar-refractivity contribution in [3.8, 4) is 0 Å². The molecular weight excluding hydrogens is 218 g/mol. The number of hydrogen-bond acceptors (Lipinski definition) is 3. The van der Waals surface area contributed by atoms with Crippen LogP contribution in [0.4, 0.5) is 0 Å². The molecule has 0 aliphatic carbocycles. The summed E-state index contributed by atoms with van der Waals surface area (Å²) in [4.78, 5) is 0. The molecule has 0 spiro atoms. The van der Waals surface area contributed by atoms with Gasteiger partial charge in [-0.3, -0.25) is 5.32 Å². The zero-order valence-corrected chi connectivity index (χ0v) is 12.2. The predicted octanol–water partition coefficient (Wildman–Crippen LogP) is 2.49. The van der Waals surface area contributed by atoms with Crippen molar-refractivity contribution in [2.45, 2.75) is 70.2 Å². The van der Waals surface area contributed by atoms with Gasteiger partial charge in [0.25, 0.3) is 0 Å². The Morgan fingerprint density at radius 2 is 1.94 bits per heavy atom. The lowest BCUT2D eigenvalue weighted by atomic mass is 10.1. The molecule has 2 aliphatic heterocycles. The lowest BCUT2D eigenvalue weighted by Crippen LogP contribution is -2.54. The van der Waals surface area contributed by atoms with Crippen LogP contribution in [0.15, 0.2) is 0 Å². The summed E-state index contributed by atoms with van der Waals surface area (Å²) in [7, 11) is -1.65. The Labute approximate surface area is 100 Å². The van der Waals surface area contributed by atoms with Gasteiger partial charge in [-0.1, -0.05) is 20.8 Å². The molecule has 3 atom stereocenters. The Bertz CT molecular complexity index is 262. The lowest BCUT2D eigenvalue weighted by Gasteiger charge is -2.42. The molecule has 2 bridgehead atoms. The molecule has 1 N–H and O–H groups in total. The van der Waals surface area contributed by atoms with E-state index in [1.807, 2.05) is 0 Å². The SMILES string of the molecule is CC(C)(C)[Si](C)(C)O[C@H]1CN[C@H]2CC[C@@H]1O2. The van der Waals surface area contributed by atoms with Gasteiger partial charge in [0.1, 0.15) is 6.23 Å². The van der Waals surface area contributed by atoms with Crippen molar-refractivity contribution in [3.63, 3.8) is 0 Å². The maximum Gasteiger partial charge on any atom is 0.192 e. The van der Waals surface area contributed by atoms with Crippen LogP contribution in [0.3, 0.4) is 0 Å². The van der Waals surface area contributed by atoms with E-state index in [-0.39, 0.29) is 11.1 Å². The molecule has 2 aliphatic rings. The Kier molecular flexibility index (Phi) is 3.21. The number of ether oxygens (including phenoxy) is 1. The molecule has 0 radical (unpaired) electrons. The molecule has 0 aromatic rings. The van der Waals surface area contributed by atoms with Gasteiger partial charge in [-0.05, 0) is 31.0 Å². The van der Waals surface area contributed by atoms with Crippen molar-refractivity contribution in [2.24, 2.45) is 0 Å². The van der Waals surface area contributed by atoms with Crippen LogP contribution in [0, 0.1) is 0 Å².